The maximum atomic E-state index is 13.1. The molecule has 0 aliphatic carbocycles. The molecule has 31 heavy (non-hydrogen) atoms. The first kappa shape index (κ1) is 24.3. The van der Waals surface area contributed by atoms with Crippen molar-refractivity contribution in [1.29, 1.82) is 0 Å². The van der Waals surface area contributed by atoms with Crippen LogP contribution in [0.5, 0.6) is 5.75 Å². The van der Waals surface area contributed by atoms with Crippen LogP contribution in [0.25, 0.3) is 21.8 Å². The lowest BCUT2D eigenvalue weighted by molar-refractivity contribution is -0.137. The number of nitrogens with zero attached hydrogens (tertiary/aromatic N) is 1. The monoisotopic (exact) mass is 457 g/mol. The molecule has 0 saturated heterocycles. The minimum Gasteiger partial charge on any atom is -0.482 e. The predicted octanol–water partition coefficient (Wildman–Crippen LogP) is 5.78. The van der Waals surface area contributed by atoms with Gasteiger partial charge in [-0.1, -0.05) is 61.5 Å². The number of ether oxygens (including phenoxy) is 1. The Hall–Kier alpha value is -2.96. The van der Waals surface area contributed by atoms with Crippen LogP contribution in [0.4, 0.5) is 0 Å². The lowest BCUT2D eigenvalue weighted by Gasteiger charge is -2.21. The van der Waals surface area contributed by atoms with E-state index in [1.54, 1.807) is 41.0 Å². The zero-order valence-electron chi connectivity index (χ0n) is 16.1. The van der Waals surface area contributed by atoms with Crippen molar-refractivity contribution in [3.63, 3.8) is 0 Å². The van der Waals surface area contributed by atoms with Crippen LogP contribution in [0.2, 0.25) is 5.02 Å². The zero-order valence-corrected chi connectivity index (χ0v) is 17.9. The van der Waals surface area contributed by atoms with Gasteiger partial charge in [-0.05, 0) is 36.8 Å². The van der Waals surface area contributed by atoms with E-state index in [-0.39, 0.29) is 39.0 Å². The van der Waals surface area contributed by atoms with Gasteiger partial charge in [-0.3, -0.25) is 9.59 Å². The summed E-state index contributed by atoms with van der Waals surface area (Å²) in [6.45, 7) is 1.55. The van der Waals surface area contributed by atoms with E-state index in [1.807, 2.05) is 37.3 Å². The number of fused-ring (bicyclic) bond motifs is 2. The van der Waals surface area contributed by atoms with Crippen molar-refractivity contribution in [1.82, 2.24) is 4.57 Å². The highest BCUT2D eigenvalue weighted by Crippen LogP contribution is 2.37. The molecule has 0 amide bonds. The maximum Gasteiger partial charge on any atom is 0.323 e. The number of carbonyl (C=O) groups is 1. The van der Waals surface area contributed by atoms with Crippen molar-refractivity contribution in [3.8, 4) is 5.75 Å². The van der Waals surface area contributed by atoms with E-state index in [2.05, 4.69) is 0 Å². The summed E-state index contributed by atoms with van der Waals surface area (Å²) in [5, 5.41) is 10.6. The van der Waals surface area contributed by atoms with Crippen LogP contribution in [0.1, 0.15) is 26.0 Å². The van der Waals surface area contributed by atoms with Gasteiger partial charge in [-0.15, -0.1) is 0 Å². The first-order valence-electron chi connectivity index (χ1n) is 9.14. The molecule has 0 radical (unpaired) electrons. The van der Waals surface area contributed by atoms with Crippen LogP contribution < -0.4 is 10.2 Å². The molecule has 1 heterocycles. The van der Waals surface area contributed by atoms with Crippen molar-refractivity contribution in [2.45, 2.75) is 27.0 Å². The van der Waals surface area contributed by atoms with Crippen LogP contribution in [-0.2, 0) is 11.3 Å². The number of para-hydroxylation sites is 1. The average molecular weight is 458 g/mol. The molecule has 0 fully saturated rings. The second kappa shape index (κ2) is 9.90. The fourth-order valence-corrected chi connectivity index (χ4v) is 3.74. The second-order valence-corrected chi connectivity index (χ2v) is 7.18. The van der Waals surface area contributed by atoms with Crippen molar-refractivity contribution >= 4 is 52.9 Å². The molecule has 0 bridgehead atoms. The summed E-state index contributed by atoms with van der Waals surface area (Å²) < 4.78 is 7.76. The number of pyridine rings is 1. The van der Waals surface area contributed by atoms with E-state index in [0.717, 1.165) is 5.56 Å². The highest BCUT2D eigenvalue weighted by atomic mass is 35.5. The molecule has 0 unspecified atom stereocenters. The van der Waals surface area contributed by atoms with E-state index < -0.39 is 5.97 Å². The zero-order chi connectivity index (χ0) is 20.5. The first-order chi connectivity index (χ1) is 14.0. The van der Waals surface area contributed by atoms with Gasteiger partial charge in [0.25, 0.3) is 0 Å². The summed E-state index contributed by atoms with van der Waals surface area (Å²) in [5.74, 6) is -0.730. The van der Waals surface area contributed by atoms with Gasteiger partial charge in [-0.2, -0.15) is 13.5 Å². The Bertz CT molecular complexity index is 1290. The Morgan fingerprint density at radius 2 is 1.68 bits per heavy atom. The molecule has 0 aliphatic heterocycles. The standard InChI is InChI=1S/C23H18ClNO4.CH4.H2S/c1-14(15-7-3-2-4-8-15)29-23-18(24)12-11-17-21(23)25(13-20(26)27)19-10-6-5-9-16(19)22(17)28;;/h2-12,14H,13H2,1H3,(H,26,27);1H4;1H2/t14-;;/m0../s1. The molecule has 0 aliphatic rings. The lowest BCUT2D eigenvalue weighted by Crippen LogP contribution is -2.17. The number of carboxylic acids is 1. The molecular formula is C24H24ClNO4S. The Labute approximate surface area is 192 Å². The number of halogens is 1. The van der Waals surface area contributed by atoms with Crippen molar-refractivity contribution in [2.75, 3.05) is 0 Å². The predicted molar refractivity (Wildman–Crippen MR) is 131 cm³/mol. The number of aliphatic carboxylic acids is 1. The maximum absolute atomic E-state index is 13.1. The van der Waals surface area contributed by atoms with Crippen molar-refractivity contribution in [2.24, 2.45) is 0 Å². The Morgan fingerprint density at radius 3 is 2.35 bits per heavy atom. The molecule has 162 valence electrons. The van der Waals surface area contributed by atoms with E-state index in [0.29, 0.717) is 32.6 Å². The van der Waals surface area contributed by atoms with Gasteiger partial charge < -0.3 is 14.4 Å². The summed E-state index contributed by atoms with van der Waals surface area (Å²) in [6, 6.07) is 19.8. The van der Waals surface area contributed by atoms with Gasteiger partial charge >= 0.3 is 5.97 Å². The summed E-state index contributed by atoms with van der Waals surface area (Å²) >= 11 is 6.46. The first-order valence-corrected chi connectivity index (χ1v) is 9.52. The summed E-state index contributed by atoms with van der Waals surface area (Å²) in [5.41, 5.74) is 1.65. The van der Waals surface area contributed by atoms with Crippen molar-refractivity contribution < 1.29 is 14.6 Å². The van der Waals surface area contributed by atoms with Crippen LogP contribution >= 0.6 is 25.1 Å². The third-order valence-electron chi connectivity index (χ3n) is 4.89. The van der Waals surface area contributed by atoms with Crippen LogP contribution in [-0.4, -0.2) is 15.6 Å². The molecule has 5 nitrogen and oxygen atoms in total. The van der Waals surface area contributed by atoms with Gasteiger partial charge in [0.15, 0.2) is 11.2 Å². The topological polar surface area (TPSA) is 68.5 Å². The van der Waals surface area contributed by atoms with Gasteiger partial charge in [-0.25, -0.2) is 0 Å². The van der Waals surface area contributed by atoms with E-state index in [1.165, 1.54) is 0 Å². The second-order valence-electron chi connectivity index (χ2n) is 6.77. The molecule has 3 aromatic carbocycles. The van der Waals surface area contributed by atoms with Crippen LogP contribution in [0, 0.1) is 0 Å². The van der Waals surface area contributed by atoms with Gasteiger partial charge in [0.05, 0.1) is 21.4 Å². The molecule has 0 saturated carbocycles. The van der Waals surface area contributed by atoms with Crippen LogP contribution in [0.3, 0.4) is 0 Å². The number of rotatable bonds is 5. The highest BCUT2D eigenvalue weighted by Gasteiger charge is 2.20. The minimum atomic E-state index is -1.03. The van der Waals surface area contributed by atoms with Gasteiger partial charge in [0.2, 0.25) is 0 Å². The quantitative estimate of drug-likeness (QED) is 0.385. The molecule has 4 aromatic rings. The normalized spacial score (nSPS) is 11.4. The van der Waals surface area contributed by atoms with Crippen LogP contribution in [0.15, 0.2) is 71.5 Å². The number of hydrogen-bond acceptors (Lipinski definition) is 3. The molecule has 1 N–H and O–H groups in total. The molecule has 0 spiro atoms. The largest absolute Gasteiger partial charge is 0.482 e. The summed E-state index contributed by atoms with van der Waals surface area (Å²) in [6.07, 6.45) is -0.348. The third-order valence-corrected chi connectivity index (χ3v) is 5.19. The minimum absolute atomic E-state index is 0. The number of benzene rings is 3. The van der Waals surface area contributed by atoms with Gasteiger partial charge in [0, 0.05) is 5.39 Å². The third kappa shape index (κ3) is 4.55. The summed E-state index contributed by atoms with van der Waals surface area (Å²) in [7, 11) is 0. The SMILES string of the molecule is C.C[C@H](Oc1c(Cl)ccc2c(=O)c3ccccc3n(CC(=O)O)c12)c1ccccc1.S. The smallest absolute Gasteiger partial charge is 0.323 e. The van der Waals surface area contributed by atoms with E-state index in [9.17, 15) is 14.7 Å². The number of aromatic nitrogens is 1. The number of hydrogen-bond donors (Lipinski definition) is 1. The fourth-order valence-electron chi connectivity index (χ4n) is 3.54. The van der Waals surface area contributed by atoms with Gasteiger partial charge in [0.1, 0.15) is 12.6 Å². The van der Waals surface area contributed by atoms with Crippen molar-refractivity contribution in [3.05, 3.63) is 87.5 Å². The molecule has 7 heteroatoms. The molecule has 4 rings (SSSR count). The lowest BCUT2D eigenvalue weighted by atomic mass is 10.1. The number of carboxylic acid groups (broad SMARTS) is 1. The fraction of sp³-hybridized carbons (Fsp3) is 0.167. The summed E-state index contributed by atoms with van der Waals surface area (Å²) in [4.78, 5) is 24.7. The van der Waals surface area contributed by atoms with E-state index >= 15 is 0 Å². The Balaban J connectivity index is 0.00000171. The Morgan fingerprint density at radius 1 is 1.03 bits per heavy atom. The molecular weight excluding hydrogens is 434 g/mol. The average Bonchev–Trinajstić information content (AvgIpc) is 2.73. The molecule has 1 atom stereocenters. The Kier molecular flexibility index (Phi) is 7.76. The highest BCUT2D eigenvalue weighted by molar-refractivity contribution is 7.59. The van der Waals surface area contributed by atoms with E-state index in [4.69, 9.17) is 16.3 Å². The molecule has 1 aromatic heterocycles.